The number of rotatable bonds is 8. The molecule has 3 N–H and O–H groups in total. The minimum Gasteiger partial charge on any atom is -0.496 e. The van der Waals surface area contributed by atoms with Crippen LogP contribution >= 0.6 is 11.6 Å². The average Bonchev–Trinajstić information content (AvgIpc) is 2.93. The molecule has 2 unspecified atom stereocenters. The second kappa shape index (κ2) is 12.8. The minimum absolute atomic E-state index is 0.0290. The summed E-state index contributed by atoms with van der Waals surface area (Å²) in [6.07, 6.45) is 4.24. The van der Waals surface area contributed by atoms with E-state index in [1.54, 1.807) is 36.4 Å². The highest BCUT2D eigenvalue weighted by molar-refractivity contribution is 6.34. The molecule has 7 nitrogen and oxygen atoms in total. The Morgan fingerprint density at radius 1 is 0.872 bits per heavy atom. The molecular formula is C31H34ClN3O4. The van der Waals surface area contributed by atoms with E-state index in [4.69, 9.17) is 16.3 Å². The number of hydrogen-bond donors (Lipinski definition) is 3. The van der Waals surface area contributed by atoms with Gasteiger partial charge in [-0.1, -0.05) is 55.1 Å². The van der Waals surface area contributed by atoms with E-state index in [0.717, 1.165) is 30.4 Å². The van der Waals surface area contributed by atoms with Crippen molar-refractivity contribution in [2.45, 2.75) is 46.1 Å². The van der Waals surface area contributed by atoms with Gasteiger partial charge in [0, 0.05) is 23.8 Å². The van der Waals surface area contributed by atoms with Crippen LogP contribution in [0, 0.1) is 18.8 Å². The highest BCUT2D eigenvalue weighted by Gasteiger charge is 2.27. The first-order chi connectivity index (χ1) is 18.7. The SMILES string of the molecule is COc1ccc(NC(=O)c2cc(CNC(=O)C3CCCCC3C)ccc2Cl)cc1C(=O)Nc1ccc(C)cc1. The molecule has 3 aromatic rings. The van der Waals surface area contributed by atoms with Gasteiger partial charge >= 0.3 is 0 Å². The second-order valence-corrected chi connectivity index (χ2v) is 10.5. The number of aryl methyl sites for hydroxylation is 1. The number of carbonyl (C=O) groups excluding carboxylic acids is 3. The maximum atomic E-state index is 13.2. The van der Waals surface area contributed by atoms with Crippen LogP contribution in [0.1, 0.15) is 64.4 Å². The molecule has 0 heterocycles. The lowest BCUT2D eigenvalue weighted by Crippen LogP contribution is -2.35. The summed E-state index contributed by atoms with van der Waals surface area (Å²) in [5.41, 5.74) is 3.46. The van der Waals surface area contributed by atoms with Gasteiger partial charge in [-0.3, -0.25) is 14.4 Å². The lowest BCUT2D eigenvalue weighted by atomic mass is 9.80. The van der Waals surface area contributed by atoms with Gasteiger partial charge in [0.2, 0.25) is 5.91 Å². The van der Waals surface area contributed by atoms with E-state index in [1.807, 2.05) is 31.2 Å². The van der Waals surface area contributed by atoms with Crippen LogP contribution in [0.4, 0.5) is 11.4 Å². The third-order valence-electron chi connectivity index (χ3n) is 7.20. The molecule has 1 saturated carbocycles. The van der Waals surface area contributed by atoms with Gasteiger partial charge in [0.25, 0.3) is 11.8 Å². The van der Waals surface area contributed by atoms with Crippen molar-refractivity contribution < 1.29 is 19.1 Å². The first-order valence-corrected chi connectivity index (χ1v) is 13.6. The molecule has 0 spiro atoms. The first-order valence-electron chi connectivity index (χ1n) is 13.2. The molecular weight excluding hydrogens is 514 g/mol. The normalized spacial score (nSPS) is 16.7. The lowest BCUT2D eigenvalue weighted by Gasteiger charge is -2.27. The van der Waals surface area contributed by atoms with Crippen LogP contribution in [0.15, 0.2) is 60.7 Å². The van der Waals surface area contributed by atoms with E-state index >= 15 is 0 Å². The molecule has 39 heavy (non-hydrogen) atoms. The maximum absolute atomic E-state index is 13.2. The van der Waals surface area contributed by atoms with E-state index in [1.165, 1.54) is 13.5 Å². The standard InChI is InChI=1S/C31H34ClN3O4/c1-19-8-11-22(12-9-19)34-31(38)26-17-23(13-15-28(26)39-3)35-30(37)25-16-21(10-14-27(25)32)18-33-29(36)24-7-5-4-6-20(24)2/h8-17,20,24H,4-7,18H2,1-3H3,(H,33,36)(H,34,38)(H,35,37). The monoisotopic (exact) mass is 547 g/mol. The molecule has 8 heteroatoms. The van der Waals surface area contributed by atoms with Crippen LogP contribution in [-0.2, 0) is 11.3 Å². The van der Waals surface area contributed by atoms with Crippen molar-refractivity contribution in [3.63, 3.8) is 0 Å². The number of anilines is 2. The van der Waals surface area contributed by atoms with E-state index in [2.05, 4.69) is 22.9 Å². The summed E-state index contributed by atoms with van der Waals surface area (Å²) in [5, 5.41) is 8.98. The quantitative estimate of drug-likeness (QED) is 0.296. The highest BCUT2D eigenvalue weighted by atomic mass is 35.5. The Balaban J connectivity index is 1.45. The first kappa shape index (κ1) is 28.2. The Hall–Kier alpha value is -3.84. The topological polar surface area (TPSA) is 96.5 Å². The molecule has 0 saturated heterocycles. The smallest absolute Gasteiger partial charge is 0.259 e. The summed E-state index contributed by atoms with van der Waals surface area (Å²) in [4.78, 5) is 38.9. The van der Waals surface area contributed by atoms with Crippen molar-refractivity contribution in [1.82, 2.24) is 5.32 Å². The van der Waals surface area contributed by atoms with Gasteiger partial charge in [0.05, 0.1) is 23.3 Å². The third kappa shape index (κ3) is 7.18. The zero-order chi connectivity index (χ0) is 27.9. The van der Waals surface area contributed by atoms with Crippen LogP contribution in [0.25, 0.3) is 0 Å². The van der Waals surface area contributed by atoms with E-state index in [0.29, 0.717) is 29.6 Å². The van der Waals surface area contributed by atoms with Crippen molar-refractivity contribution in [2.75, 3.05) is 17.7 Å². The molecule has 0 aliphatic heterocycles. The lowest BCUT2D eigenvalue weighted by molar-refractivity contribution is -0.127. The highest BCUT2D eigenvalue weighted by Crippen LogP contribution is 2.30. The van der Waals surface area contributed by atoms with Gasteiger partial charge in [-0.2, -0.15) is 0 Å². The molecule has 0 radical (unpaired) electrons. The Morgan fingerprint density at radius 3 is 2.26 bits per heavy atom. The van der Waals surface area contributed by atoms with Gasteiger partial charge in [-0.25, -0.2) is 0 Å². The average molecular weight is 548 g/mol. The second-order valence-electron chi connectivity index (χ2n) is 10.1. The van der Waals surface area contributed by atoms with Crippen molar-refractivity contribution in [3.8, 4) is 5.75 Å². The summed E-state index contributed by atoms with van der Waals surface area (Å²) in [7, 11) is 1.48. The predicted octanol–water partition coefficient (Wildman–Crippen LogP) is 6.60. The molecule has 0 bridgehead atoms. The zero-order valence-electron chi connectivity index (χ0n) is 22.5. The zero-order valence-corrected chi connectivity index (χ0v) is 23.2. The van der Waals surface area contributed by atoms with Gasteiger partial charge in [-0.05, 0) is 73.7 Å². The van der Waals surface area contributed by atoms with Crippen molar-refractivity contribution in [2.24, 2.45) is 11.8 Å². The molecule has 204 valence electrons. The molecule has 4 rings (SSSR count). The molecule has 2 atom stereocenters. The van der Waals surface area contributed by atoms with Gasteiger partial charge < -0.3 is 20.7 Å². The van der Waals surface area contributed by atoms with Crippen molar-refractivity contribution >= 4 is 40.7 Å². The fourth-order valence-corrected chi connectivity index (χ4v) is 5.08. The fraction of sp³-hybridized carbons (Fsp3) is 0.323. The number of amides is 3. The number of halogens is 1. The van der Waals surface area contributed by atoms with E-state index < -0.39 is 5.91 Å². The van der Waals surface area contributed by atoms with Gasteiger partial charge in [-0.15, -0.1) is 0 Å². The third-order valence-corrected chi connectivity index (χ3v) is 7.53. The van der Waals surface area contributed by atoms with Crippen molar-refractivity contribution in [3.05, 3.63) is 87.9 Å². The van der Waals surface area contributed by atoms with Crippen LogP contribution in [0.3, 0.4) is 0 Å². The number of benzene rings is 3. The fourth-order valence-electron chi connectivity index (χ4n) is 4.88. The Labute approximate surface area is 234 Å². The summed E-state index contributed by atoms with van der Waals surface area (Å²) >= 11 is 6.36. The van der Waals surface area contributed by atoms with Gasteiger partial charge in [0.1, 0.15) is 5.75 Å². The summed E-state index contributed by atoms with van der Waals surface area (Å²) < 4.78 is 5.37. The number of ether oxygens (including phenoxy) is 1. The Morgan fingerprint density at radius 2 is 1.54 bits per heavy atom. The predicted molar refractivity (Wildman–Crippen MR) is 155 cm³/mol. The maximum Gasteiger partial charge on any atom is 0.259 e. The van der Waals surface area contributed by atoms with Crippen molar-refractivity contribution in [1.29, 1.82) is 0 Å². The van der Waals surface area contributed by atoms with Crippen LogP contribution < -0.4 is 20.7 Å². The molecule has 1 aliphatic carbocycles. The number of carbonyl (C=O) groups is 3. The summed E-state index contributed by atoms with van der Waals surface area (Å²) in [6, 6.07) is 17.4. The molecule has 1 fully saturated rings. The number of hydrogen-bond acceptors (Lipinski definition) is 4. The Kier molecular flexibility index (Phi) is 9.25. The summed E-state index contributed by atoms with van der Waals surface area (Å²) in [5.74, 6) is 0.0393. The number of nitrogens with one attached hydrogen (secondary N) is 3. The van der Waals surface area contributed by atoms with Crippen LogP contribution in [-0.4, -0.2) is 24.8 Å². The largest absolute Gasteiger partial charge is 0.496 e. The van der Waals surface area contributed by atoms with Crippen LogP contribution in [0.5, 0.6) is 5.75 Å². The molecule has 3 amide bonds. The van der Waals surface area contributed by atoms with Crippen LogP contribution in [0.2, 0.25) is 5.02 Å². The minimum atomic E-state index is -0.427. The molecule has 3 aromatic carbocycles. The molecule has 1 aliphatic rings. The molecule has 0 aromatic heterocycles. The number of methoxy groups -OCH3 is 1. The van der Waals surface area contributed by atoms with E-state index in [9.17, 15) is 14.4 Å². The Bertz CT molecular complexity index is 1360. The van der Waals surface area contributed by atoms with Gasteiger partial charge in [0.15, 0.2) is 0 Å². The van der Waals surface area contributed by atoms with E-state index in [-0.39, 0.29) is 33.9 Å². The summed E-state index contributed by atoms with van der Waals surface area (Å²) in [6.45, 7) is 4.41.